The van der Waals surface area contributed by atoms with Crippen LogP contribution in [0.15, 0.2) is 36.4 Å². The van der Waals surface area contributed by atoms with E-state index in [0.717, 1.165) is 23.2 Å². The molecule has 0 spiro atoms. The largest absolute Gasteiger partial charge is 0.497 e. The van der Waals surface area contributed by atoms with Crippen molar-refractivity contribution in [3.63, 3.8) is 0 Å². The van der Waals surface area contributed by atoms with Gasteiger partial charge in [0.25, 0.3) is 5.91 Å². The summed E-state index contributed by atoms with van der Waals surface area (Å²) in [6, 6.07) is 11.4. The Labute approximate surface area is 175 Å². The monoisotopic (exact) mass is 413 g/mol. The highest BCUT2D eigenvalue weighted by Crippen LogP contribution is 2.31. The summed E-state index contributed by atoms with van der Waals surface area (Å²) in [5.41, 5.74) is 2.60. The Morgan fingerprint density at radius 1 is 1.03 bits per heavy atom. The summed E-state index contributed by atoms with van der Waals surface area (Å²) in [7, 11) is 7.21. The third-order valence-corrected chi connectivity index (χ3v) is 5.64. The van der Waals surface area contributed by atoms with Crippen LogP contribution in [0.25, 0.3) is 10.2 Å². The lowest BCUT2D eigenvalue weighted by Gasteiger charge is -2.21. The number of aromatic nitrogens is 1. The van der Waals surface area contributed by atoms with Crippen molar-refractivity contribution in [2.75, 3.05) is 46.3 Å². The molecule has 3 rings (SSSR count). The van der Waals surface area contributed by atoms with Crippen LogP contribution in [0.5, 0.6) is 11.5 Å². The number of aryl methyl sites for hydroxylation is 1. The molecule has 154 valence electrons. The van der Waals surface area contributed by atoms with Crippen LogP contribution < -0.4 is 14.4 Å². The fraction of sp³-hybridized carbons (Fsp3) is 0.364. The first-order valence-corrected chi connectivity index (χ1v) is 10.3. The third kappa shape index (κ3) is 5.05. The number of ether oxygens (including phenoxy) is 2. The summed E-state index contributed by atoms with van der Waals surface area (Å²) in [6.45, 7) is 3.52. The van der Waals surface area contributed by atoms with E-state index in [4.69, 9.17) is 14.5 Å². The van der Waals surface area contributed by atoms with Crippen LogP contribution in [0, 0.1) is 6.92 Å². The number of thiazole rings is 1. The Balaban J connectivity index is 1.98. The van der Waals surface area contributed by atoms with Gasteiger partial charge in [-0.2, -0.15) is 0 Å². The second-order valence-corrected chi connectivity index (χ2v) is 8.19. The van der Waals surface area contributed by atoms with Crippen molar-refractivity contribution < 1.29 is 14.3 Å². The Hall–Kier alpha value is -2.64. The number of hydrogen-bond acceptors (Lipinski definition) is 6. The summed E-state index contributed by atoms with van der Waals surface area (Å²) in [6.07, 6.45) is 0.842. The smallest absolute Gasteiger partial charge is 0.260 e. The summed E-state index contributed by atoms with van der Waals surface area (Å²) < 4.78 is 11.8. The van der Waals surface area contributed by atoms with Gasteiger partial charge in [-0.15, -0.1) is 0 Å². The van der Waals surface area contributed by atoms with Gasteiger partial charge >= 0.3 is 0 Å². The van der Waals surface area contributed by atoms with Gasteiger partial charge in [-0.3, -0.25) is 9.69 Å². The fourth-order valence-corrected chi connectivity index (χ4v) is 4.14. The Kier molecular flexibility index (Phi) is 6.71. The molecule has 29 heavy (non-hydrogen) atoms. The minimum atomic E-state index is -0.114. The Morgan fingerprint density at radius 2 is 1.72 bits per heavy atom. The molecule has 1 aromatic heterocycles. The first-order chi connectivity index (χ1) is 13.9. The number of hydrogen-bond donors (Lipinski definition) is 0. The second-order valence-electron chi connectivity index (χ2n) is 7.18. The molecular weight excluding hydrogens is 386 g/mol. The molecule has 0 aliphatic rings. The predicted molar refractivity (Wildman–Crippen MR) is 119 cm³/mol. The molecule has 0 fully saturated rings. The van der Waals surface area contributed by atoms with E-state index < -0.39 is 0 Å². The first kappa shape index (κ1) is 21.1. The van der Waals surface area contributed by atoms with Crippen LogP contribution in [0.2, 0.25) is 0 Å². The number of carbonyl (C=O) groups excluding carboxylic acids is 1. The molecule has 1 amide bonds. The number of carbonyl (C=O) groups is 1. The molecule has 0 unspecified atom stereocenters. The molecule has 3 aromatic rings. The van der Waals surface area contributed by atoms with Crippen LogP contribution >= 0.6 is 11.3 Å². The maximum absolute atomic E-state index is 13.5. The lowest BCUT2D eigenvalue weighted by molar-refractivity contribution is 0.0985. The third-order valence-electron chi connectivity index (χ3n) is 4.59. The van der Waals surface area contributed by atoms with E-state index in [-0.39, 0.29) is 5.91 Å². The maximum Gasteiger partial charge on any atom is 0.260 e. The lowest BCUT2D eigenvalue weighted by Crippen LogP contribution is -2.33. The van der Waals surface area contributed by atoms with Crippen molar-refractivity contribution in [2.24, 2.45) is 0 Å². The highest BCUT2D eigenvalue weighted by Gasteiger charge is 2.22. The molecule has 2 aromatic carbocycles. The molecule has 0 atom stereocenters. The van der Waals surface area contributed by atoms with E-state index in [2.05, 4.69) is 17.9 Å². The minimum Gasteiger partial charge on any atom is -0.497 e. The van der Waals surface area contributed by atoms with E-state index in [1.165, 1.54) is 16.9 Å². The van der Waals surface area contributed by atoms with Gasteiger partial charge in [0.15, 0.2) is 5.13 Å². The number of methoxy groups -OCH3 is 2. The summed E-state index contributed by atoms with van der Waals surface area (Å²) in [5.74, 6) is 1.05. The molecule has 0 saturated carbocycles. The standard InChI is InChI=1S/C22H27N3O3S/c1-15-7-8-19-20(11-15)29-22(23-19)25(10-6-9-24(2)3)21(26)16-12-17(27-4)14-18(13-16)28-5/h7-8,11-14H,6,9-10H2,1-5H3. The molecule has 0 aliphatic carbocycles. The highest BCUT2D eigenvalue weighted by atomic mass is 32.1. The van der Waals surface area contributed by atoms with Crippen molar-refractivity contribution in [2.45, 2.75) is 13.3 Å². The quantitative estimate of drug-likeness (QED) is 0.553. The molecule has 0 bridgehead atoms. The Morgan fingerprint density at radius 3 is 2.34 bits per heavy atom. The minimum absolute atomic E-state index is 0.114. The van der Waals surface area contributed by atoms with Crippen molar-refractivity contribution >= 4 is 32.6 Å². The average Bonchev–Trinajstić information content (AvgIpc) is 3.12. The van der Waals surface area contributed by atoms with Crippen molar-refractivity contribution in [3.8, 4) is 11.5 Å². The lowest BCUT2D eigenvalue weighted by atomic mass is 10.1. The van der Waals surface area contributed by atoms with E-state index in [1.807, 2.05) is 26.2 Å². The normalized spacial score (nSPS) is 11.1. The van der Waals surface area contributed by atoms with Crippen molar-refractivity contribution in [1.82, 2.24) is 9.88 Å². The first-order valence-electron chi connectivity index (χ1n) is 9.48. The molecule has 1 heterocycles. The van der Waals surface area contributed by atoms with E-state index >= 15 is 0 Å². The van der Waals surface area contributed by atoms with E-state index in [0.29, 0.717) is 28.7 Å². The zero-order chi connectivity index (χ0) is 21.0. The van der Waals surface area contributed by atoms with Crippen LogP contribution in [-0.4, -0.2) is 57.2 Å². The van der Waals surface area contributed by atoms with Gasteiger partial charge < -0.3 is 14.4 Å². The van der Waals surface area contributed by atoms with Crippen molar-refractivity contribution in [3.05, 3.63) is 47.5 Å². The molecule has 0 N–H and O–H groups in total. The van der Waals surface area contributed by atoms with E-state index in [9.17, 15) is 4.79 Å². The summed E-state index contributed by atoms with van der Waals surface area (Å²) >= 11 is 1.54. The average molecular weight is 414 g/mol. The highest BCUT2D eigenvalue weighted by molar-refractivity contribution is 7.22. The molecular formula is C22H27N3O3S. The molecule has 0 radical (unpaired) electrons. The van der Waals surface area contributed by atoms with Gasteiger partial charge in [0, 0.05) is 18.2 Å². The van der Waals surface area contributed by atoms with Crippen LogP contribution in [-0.2, 0) is 0 Å². The number of benzene rings is 2. The molecule has 6 nitrogen and oxygen atoms in total. The van der Waals surface area contributed by atoms with Crippen LogP contribution in [0.4, 0.5) is 5.13 Å². The number of rotatable bonds is 8. The van der Waals surface area contributed by atoms with Crippen LogP contribution in [0.3, 0.4) is 0 Å². The van der Waals surface area contributed by atoms with Gasteiger partial charge in [-0.25, -0.2) is 4.98 Å². The van der Waals surface area contributed by atoms with Gasteiger partial charge in [0.05, 0.1) is 24.4 Å². The second kappa shape index (κ2) is 9.24. The number of nitrogens with zero attached hydrogens (tertiary/aromatic N) is 3. The zero-order valence-electron chi connectivity index (χ0n) is 17.6. The SMILES string of the molecule is COc1cc(OC)cc(C(=O)N(CCCN(C)C)c2nc3ccc(C)cc3s2)c1. The van der Waals surface area contributed by atoms with Gasteiger partial charge in [0.1, 0.15) is 11.5 Å². The zero-order valence-corrected chi connectivity index (χ0v) is 18.4. The predicted octanol–water partition coefficient (Wildman–Crippen LogP) is 4.22. The van der Waals surface area contributed by atoms with E-state index in [1.54, 1.807) is 37.3 Å². The molecule has 0 saturated heterocycles. The van der Waals surface area contributed by atoms with Gasteiger partial charge in [-0.1, -0.05) is 17.4 Å². The topological polar surface area (TPSA) is 54.9 Å². The summed E-state index contributed by atoms with van der Waals surface area (Å²) in [5, 5.41) is 0.705. The van der Waals surface area contributed by atoms with Crippen molar-refractivity contribution in [1.29, 1.82) is 0 Å². The molecule has 0 aliphatic heterocycles. The Bertz CT molecular complexity index is 978. The van der Waals surface area contributed by atoms with Crippen LogP contribution in [0.1, 0.15) is 22.3 Å². The fourth-order valence-electron chi connectivity index (χ4n) is 3.05. The number of anilines is 1. The summed E-state index contributed by atoms with van der Waals surface area (Å²) in [4.78, 5) is 22.1. The molecule has 7 heteroatoms. The maximum atomic E-state index is 13.5. The number of fused-ring (bicyclic) bond motifs is 1. The van der Waals surface area contributed by atoms with Gasteiger partial charge in [0.2, 0.25) is 0 Å². The van der Waals surface area contributed by atoms with Gasteiger partial charge in [-0.05, 0) is 63.8 Å². The number of amides is 1.